The van der Waals surface area contributed by atoms with Gasteiger partial charge >= 0.3 is 0 Å². The molecule has 3 rings (SSSR count). The first-order valence-corrected chi connectivity index (χ1v) is 10.8. The molecule has 0 unspecified atom stereocenters. The van der Waals surface area contributed by atoms with Crippen LogP contribution in [0, 0.1) is 5.92 Å². The van der Waals surface area contributed by atoms with Gasteiger partial charge in [0.05, 0.1) is 23.3 Å². The van der Waals surface area contributed by atoms with Crippen LogP contribution in [0.4, 0.5) is 5.69 Å². The third-order valence-electron chi connectivity index (χ3n) is 4.42. The molecule has 0 radical (unpaired) electrons. The highest BCUT2D eigenvalue weighted by atomic mass is 32.2. The fraction of sp³-hybridized carbons (Fsp3) is 0.227. The number of nitrogens with one attached hydrogen (secondary N) is 2. The number of amides is 1. The topological polar surface area (TPSA) is 84.5 Å². The predicted octanol–water partition coefficient (Wildman–Crippen LogP) is 4.04. The van der Waals surface area contributed by atoms with Crippen LogP contribution in [0.5, 0.6) is 5.75 Å². The molecule has 0 bridgehead atoms. The van der Waals surface area contributed by atoms with Gasteiger partial charge in [-0.25, -0.2) is 8.42 Å². The molecule has 0 aromatic heterocycles. The molecule has 29 heavy (non-hydrogen) atoms. The minimum atomic E-state index is -3.87. The molecule has 0 fully saturated rings. The summed E-state index contributed by atoms with van der Waals surface area (Å²) in [6.45, 7) is 4.49. The SMILES string of the molecule is COc1ccc2cc(S(=O)(=O)Nc3ccccc3C(=O)NCC(C)C)ccc2c1. The van der Waals surface area contributed by atoms with E-state index in [4.69, 9.17) is 4.74 Å². The Morgan fingerprint density at radius 1 is 1.00 bits per heavy atom. The highest BCUT2D eigenvalue weighted by molar-refractivity contribution is 7.92. The van der Waals surface area contributed by atoms with Crippen molar-refractivity contribution in [3.05, 3.63) is 66.2 Å². The third kappa shape index (κ3) is 4.86. The normalized spacial score (nSPS) is 11.4. The van der Waals surface area contributed by atoms with E-state index in [1.54, 1.807) is 55.6 Å². The number of methoxy groups -OCH3 is 1. The Balaban J connectivity index is 1.90. The fourth-order valence-corrected chi connectivity index (χ4v) is 3.98. The average Bonchev–Trinajstić information content (AvgIpc) is 2.71. The van der Waals surface area contributed by atoms with Crippen molar-refractivity contribution >= 4 is 32.4 Å². The van der Waals surface area contributed by atoms with Crippen molar-refractivity contribution in [2.24, 2.45) is 5.92 Å². The maximum atomic E-state index is 12.9. The van der Waals surface area contributed by atoms with Gasteiger partial charge in [-0.15, -0.1) is 0 Å². The smallest absolute Gasteiger partial charge is 0.261 e. The Bertz CT molecular complexity index is 1140. The first-order valence-electron chi connectivity index (χ1n) is 9.28. The molecule has 3 aromatic rings. The molecule has 2 N–H and O–H groups in total. The van der Waals surface area contributed by atoms with E-state index in [1.165, 1.54) is 6.07 Å². The first kappa shape index (κ1) is 20.7. The van der Waals surface area contributed by atoms with E-state index >= 15 is 0 Å². The molecule has 0 aliphatic rings. The lowest BCUT2D eigenvalue weighted by atomic mass is 10.1. The van der Waals surface area contributed by atoms with Crippen LogP contribution >= 0.6 is 0 Å². The molecule has 0 aliphatic carbocycles. The van der Waals surface area contributed by atoms with Crippen LogP contribution in [0.3, 0.4) is 0 Å². The van der Waals surface area contributed by atoms with Crippen molar-refractivity contribution < 1.29 is 17.9 Å². The molecule has 0 heterocycles. The number of anilines is 1. The third-order valence-corrected chi connectivity index (χ3v) is 5.78. The number of hydrogen-bond acceptors (Lipinski definition) is 4. The van der Waals surface area contributed by atoms with Crippen LogP contribution in [0.2, 0.25) is 0 Å². The molecule has 7 heteroatoms. The van der Waals surface area contributed by atoms with E-state index in [9.17, 15) is 13.2 Å². The van der Waals surface area contributed by atoms with E-state index in [-0.39, 0.29) is 22.1 Å². The van der Waals surface area contributed by atoms with Gasteiger partial charge in [0.1, 0.15) is 5.75 Å². The molecule has 0 aliphatic heterocycles. The number of sulfonamides is 1. The number of fused-ring (bicyclic) bond motifs is 1. The van der Waals surface area contributed by atoms with Crippen LogP contribution in [0.15, 0.2) is 65.6 Å². The van der Waals surface area contributed by atoms with E-state index in [2.05, 4.69) is 10.0 Å². The summed E-state index contributed by atoms with van der Waals surface area (Å²) in [5, 5.41) is 4.46. The van der Waals surface area contributed by atoms with E-state index in [0.29, 0.717) is 18.2 Å². The monoisotopic (exact) mass is 412 g/mol. The Morgan fingerprint density at radius 3 is 2.41 bits per heavy atom. The fourth-order valence-electron chi connectivity index (χ4n) is 2.86. The lowest BCUT2D eigenvalue weighted by Crippen LogP contribution is -2.28. The van der Waals surface area contributed by atoms with Crippen molar-refractivity contribution in [1.82, 2.24) is 5.32 Å². The maximum absolute atomic E-state index is 12.9. The Hall–Kier alpha value is -3.06. The molecule has 0 saturated carbocycles. The number of carbonyl (C=O) groups is 1. The number of carbonyl (C=O) groups excluding carboxylic acids is 1. The molecular weight excluding hydrogens is 388 g/mol. The Labute approximate surface area is 170 Å². The van der Waals surface area contributed by atoms with Crippen LogP contribution in [0.1, 0.15) is 24.2 Å². The number of ether oxygens (including phenoxy) is 1. The zero-order valence-corrected chi connectivity index (χ0v) is 17.4. The van der Waals surface area contributed by atoms with Crippen molar-refractivity contribution in [1.29, 1.82) is 0 Å². The second-order valence-corrected chi connectivity index (χ2v) is 8.81. The molecule has 3 aromatic carbocycles. The van der Waals surface area contributed by atoms with Crippen LogP contribution in [0.25, 0.3) is 10.8 Å². The van der Waals surface area contributed by atoms with E-state index in [0.717, 1.165) is 10.8 Å². The van der Waals surface area contributed by atoms with Gasteiger partial charge in [-0.2, -0.15) is 0 Å². The van der Waals surface area contributed by atoms with Gasteiger partial charge < -0.3 is 10.1 Å². The molecule has 1 amide bonds. The summed E-state index contributed by atoms with van der Waals surface area (Å²) in [7, 11) is -2.29. The Kier molecular flexibility index (Phi) is 6.08. The van der Waals surface area contributed by atoms with Crippen molar-refractivity contribution in [2.75, 3.05) is 18.4 Å². The molecular formula is C22H24N2O4S. The minimum absolute atomic E-state index is 0.118. The van der Waals surface area contributed by atoms with E-state index in [1.807, 2.05) is 19.9 Å². The van der Waals surface area contributed by atoms with Crippen molar-refractivity contribution in [2.45, 2.75) is 18.7 Å². The summed E-state index contributed by atoms with van der Waals surface area (Å²) in [4.78, 5) is 12.6. The van der Waals surface area contributed by atoms with Gasteiger partial charge in [0, 0.05) is 6.54 Å². The zero-order chi connectivity index (χ0) is 21.0. The number of benzene rings is 3. The lowest BCUT2D eigenvalue weighted by molar-refractivity contribution is 0.0950. The largest absolute Gasteiger partial charge is 0.497 e. The molecule has 0 spiro atoms. The highest BCUT2D eigenvalue weighted by Gasteiger charge is 2.19. The van der Waals surface area contributed by atoms with Gasteiger partial charge in [-0.05, 0) is 53.1 Å². The molecule has 0 saturated heterocycles. The summed E-state index contributed by atoms with van der Waals surface area (Å²) in [5.41, 5.74) is 0.519. The van der Waals surface area contributed by atoms with Crippen LogP contribution < -0.4 is 14.8 Å². The van der Waals surface area contributed by atoms with E-state index < -0.39 is 10.0 Å². The first-order chi connectivity index (χ1) is 13.8. The predicted molar refractivity (Wildman–Crippen MR) is 115 cm³/mol. The van der Waals surface area contributed by atoms with Crippen molar-refractivity contribution in [3.63, 3.8) is 0 Å². The lowest BCUT2D eigenvalue weighted by Gasteiger charge is -2.14. The van der Waals surface area contributed by atoms with Gasteiger partial charge in [0.2, 0.25) is 0 Å². The number of hydrogen-bond donors (Lipinski definition) is 2. The maximum Gasteiger partial charge on any atom is 0.261 e. The second-order valence-electron chi connectivity index (χ2n) is 7.13. The number of rotatable bonds is 7. The summed E-state index contributed by atoms with van der Waals surface area (Å²) in [5.74, 6) is 0.675. The highest BCUT2D eigenvalue weighted by Crippen LogP contribution is 2.26. The minimum Gasteiger partial charge on any atom is -0.497 e. The molecule has 6 nitrogen and oxygen atoms in total. The zero-order valence-electron chi connectivity index (χ0n) is 16.6. The summed E-state index contributed by atoms with van der Waals surface area (Å²) in [6, 6.07) is 16.8. The summed E-state index contributed by atoms with van der Waals surface area (Å²) >= 11 is 0. The van der Waals surface area contributed by atoms with Gasteiger partial charge in [-0.3, -0.25) is 9.52 Å². The second kappa shape index (κ2) is 8.53. The van der Waals surface area contributed by atoms with Crippen molar-refractivity contribution in [3.8, 4) is 5.75 Å². The summed E-state index contributed by atoms with van der Waals surface area (Å²) < 4.78 is 33.6. The molecule has 0 atom stereocenters. The average molecular weight is 413 g/mol. The van der Waals surface area contributed by atoms with Gasteiger partial charge in [-0.1, -0.05) is 38.1 Å². The Morgan fingerprint density at radius 2 is 1.69 bits per heavy atom. The van der Waals surface area contributed by atoms with Gasteiger partial charge in [0.15, 0.2) is 0 Å². The number of para-hydroxylation sites is 1. The quantitative estimate of drug-likeness (QED) is 0.613. The molecule has 152 valence electrons. The van der Waals surface area contributed by atoms with Crippen LogP contribution in [-0.2, 0) is 10.0 Å². The van der Waals surface area contributed by atoms with Gasteiger partial charge in [0.25, 0.3) is 15.9 Å². The van der Waals surface area contributed by atoms with Crippen LogP contribution in [-0.4, -0.2) is 28.0 Å². The standard InChI is InChI=1S/C22H24N2O4S/c1-15(2)14-23-22(25)20-6-4-5-7-21(20)24-29(26,27)19-11-9-16-12-18(28-3)10-8-17(16)13-19/h4-13,15,24H,14H2,1-3H3,(H,23,25). The summed E-state index contributed by atoms with van der Waals surface area (Å²) in [6.07, 6.45) is 0.